The van der Waals surface area contributed by atoms with Crippen LogP contribution in [0.3, 0.4) is 0 Å². The predicted octanol–water partition coefficient (Wildman–Crippen LogP) is 4.23. The Kier molecular flexibility index (Phi) is 3.03. The highest BCUT2D eigenvalue weighted by Crippen LogP contribution is 2.33. The number of hydrogen-bond acceptors (Lipinski definition) is 3. The lowest BCUT2D eigenvalue weighted by Crippen LogP contribution is -2.08. The van der Waals surface area contributed by atoms with Crippen molar-refractivity contribution in [2.75, 3.05) is 0 Å². The van der Waals surface area contributed by atoms with Crippen molar-refractivity contribution in [1.29, 1.82) is 0 Å². The summed E-state index contributed by atoms with van der Waals surface area (Å²) in [4.78, 5) is 17.1. The molecular formula is C13H9BrFNOS. The molecule has 3 rings (SSSR count). The fraction of sp³-hybridized carbons (Fsp3) is 0.231. The molecule has 0 spiro atoms. The van der Waals surface area contributed by atoms with Gasteiger partial charge in [0.25, 0.3) is 0 Å². The molecule has 1 heterocycles. The highest BCUT2D eigenvalue weighted by molar-refractivity contribution is 9.10. The molecule has 1 aromatic heterocycles. The number of halogens is 2. The van der Waals surface area contributed by atoms with Gasteiger partial charge in [0.2, 0.25) is 0 Å². The van der Waals surface area contributed by atoms with Gasteiger partial charge in [-0.05, 0) is 31.0 Å². The van der Waals surface area contributed by atoms with Crippen molar-refractivity contribution >= 4 is 33.0 Å². The molecule has 5 heteroatoms. The van der Waals surface area contributed by atoms with Gasteiger partial charge >= 0.3 is 0 Å². The van der Waals surface area contributed by atoms with E-state index in [-0.39, 0.29) is 11.6 Å². The lowest BCUT2D eigenvalue weighted by molar-refractivity contribution is 0.0968. The minimum absolute atomic E-state index is 0.106. The smallest absolute Gasteiger partial charge is 0.182 e. The Bertz CT molecular complexity index is 618. The zero-order valence-electron chi connectivity index (χ0n) is 9.37. The third kappa shape index (κ3) is 2.12. The highest BCUT2D eigenvalue weighted by atomic mass is 79.9. The van der Waals surface area contributed by atoms with E-state index < -0.39 is 0 Å². The van der Waals surface area contributed by atoms with E-state index in [0.717, 1.165) is 22.7 Å². The SMILES string of the molecule is O=C1CCCc2sc(-c3cc(F)cc(Br)c3)nc21. The van der Waals surface area contributed by atoms with E-state index in [0.29, 0.717) is 22.2 Å². The number of carbonyl (C=O) groups excluding carboxylic acids is 1. The Morgan fingerprint density at radius 3 is 2.83 bits per heavy atom. The minimum atomic E-state index is -0.307. The number of hydrogen-bond donors (Lipinski definition) is 0. The second kappa shape index (κ2) is 4.55. The summed E-state index contributed by atoms with van der Waals surface area (Å²) in [5.41, 5.74) is 1.30. The van der Waals surface area contributed by atoms with Crippen LogP contribution >= 0.6 is 27.3 Å². The van der Waals surface area contributed by atoms with Crippen LogP contribution in [-0.2, 0) is 6.42 Å². The van der Waals surface area contributed by atoms with Crippen LogP contribution in [-0.4, -0.2) is 10.8 Å². The molecule has 0 aliphatic heterocycles. The number of carbonyl (C=O) groups is 1. The molecule has 2 nitrogen and oxygen atoms in total. The Labute approximate surface area is 116 Å². The van der Waals surface area contributed by atoms with Gasteiger partial charge in [0.1, 0.15) is 16.5 Å². The van der Waals surface area contributed by atoms with Gasteiger partial charge in [-0.2, -0.15) is 0 Å². The Balaban J connectivity index is 2.10. The maximum Gasteiger partial charge on any atom is 0.182 e. The number of ketones is 1. The molecule has 0 atom stereocenters. The predicted molar refractivity (Wildman–Crippen MR) is 72.5 cm³/mol. The van der Waals surface area contributed by atoms with E-state index in [1.54, 1.807) is 0 Å². The average molecular weight is 326 g/mol. The van der Waals surface area contributed by atoms with E-state index >= 15 is 0 Å². The molecule has 0 saturated heterocycles. The molecule has 1 aliphatic rings. The molecule has 0 N–H and O–H groups in total. The number of benzene rings is 1. The van der Waals surface area contributed by atoms with Crippen LogP contribution in [0.4, 0.5) is 4.39 Å². The molecule has 1 aromatic carbocycles. The van der Waals surface area contributed by atoms with Gasteiger partial charge in [-0.1, -0.05) is 15.9 Å². The number of thiazole rings is 1. The normalized spacial score (nSPS) is 14.7. The summed E-state index contributed by atoms with van der Waals surface area (Å²) in [6.07, 6.45) is 2.36. The molecule has 0 radical (unpaired) electrons. The van der Waals surface area contributed by atoms with Crippen LogP contribution in [0.2, 0.25) is 0 Å². The van der Waals surface area contributed by atoms with E-state index in [1.165, 1.54) is 23.5 Å². The second-order valence-corrected chi connectivity index (χ2v) is 6.22. The van der Waals surface area contributed by atoms with Crippen LogP contribution in [0, 0.1) is 5.82 Å². The first-order valence-corrected chi connectivity index (χ1v) is 7.24. The van der Waals surface area contributed by atoms with Crippen molar-refractivity contribution in [2.24, 2.45) is 0 Å². The number of rotatable bonds is 1. The summed E-state index contributed by atoms with van der Waals surface area (Å²) < 4.78 is 14.0. The molecular weight excluding hydrogens is 317 g/mol. The Morgan fingerprint density at radius 2 is 2.11 bits per heavy atom. The molecule has 0 unspecified atom stereocenters. The van der Waals surface area contributed by atoms with E-state index in [9.17, 15) is 9.18 Å². The van der Waals surface area contributed by atoms with Gasteiger partial charge in [0.05, 0.1) is 0 Å². The van der Waals surface area contributed by atoms with E-state index in [1.807, 2.05) is 6.07 Å². The molecule has 0 amide bonds. The monoisotopic (exact) mass is 325 g/mol. The van der Waals surface area contributed by atoms with Gasteiger partial charge in [-0.25, -0.2) is 9.37 Å². The summed E-state index contributed by atoms with van der Waals surface area (Å²) in [6, 6.07) is 4.67. The number of aryl methyl sites for hydroxylation is 1. The van der Waals surface area contributed by atoms with Crippen LogP contribution in [0.25, 0.3) is 10.6 Å². The van der Waals surface area contributed by atoms with Gasteiger partial charge in [0.15, 0.2) is 5.78 Å². The standard InChI is InChI=1S/C13H9BrFNOS/c14-8-4-7(5-9(15)6-8)13-16-12-10(17)2-1-3-11(12)18-13/h4-6H,1-3H2. The van der Waals surface area contributed by atoms with Gasteiger partial charge in [-0.15, -0.1) is 11.3 Å². The second-order valence-electron chi connectivity index (χ2n) is 4.23. The molecule has 2 aromatic rings. The van der Waals surface area contributed by atoms with Crippen molar-refractivity contribution in [3.05, 3.63) is 39.1 Å². The van der Waals surface area contributed by atoms with Crippen LogP contribution < -0.4 is 0 Å². The summed E-state index contributed by atoms with van der Waals surface area (Å²) in [6.45, 7) is 0. The Morgan fingerprint density at radius 1 is 1.28 bits per heavy atom. The van der Waals surface area contributed by atoms with Crippen LogP contribution in [0.15, 0.2) is 22.7 Å². The molecule has 92 valence electrons. The molecule has 0 bridgehead atoms. The first-order valence-electron chi connectivity index (χ1n) is 5.63. The lowest BCUT2D eigenvalue weighted by Gasteiger charge is -2.06. The fourth-order valence-electron chi connectivity index (χ4n) is 2.07. The van der Waals surface area contributed by atoms with E-state index in [2.05, 4.69) is 20.9 Å². The van der Waals surface area contributed by atoms with Crippen molar-refractivity contribution in [3.63, 3.8) is 0 Å². The number of nitrogens with zero attached hydrogens (tertiary/aromatic N) is 1. The number of fused-ring (bicyclic) bond motifs is 1. The zero-order chi connectivity index (χ0) is 12.7. The van der Waals surface area contributed by atoms with Crippen molar-refractivity contribution in [3.8, 4) is 10.6 Å². The minimum Gasteiger partial charge on any atom is -0.292 e. The first-order chi connectivity index (χ1) is 8.63. The lowest BCUT2D eigenvalue weighted by atomic mass is 10.0. The largest absolute Gasteiger partial charge is 0.292 e. The highest BCUT2D eigenvalue weighted by Gasteiger charge is 2.22. The summed E-state index contributed by atoms with van der Waals surface area (Å²) in [7, 11) is 0. The summed E-state index contributed by atoms with van der Waals surface area (Å²) >= 11 is 4.75. The summed E-state index contributed by atoms with van der Waals surface area (Å²) in [5, 5.41) is 0.718. The number of aromatic nitrogens is 1. The third-order valence-corrected chi connectivity index (χ3v) is 4.50. The molecule has 1 aliphatic carbocycles. The maximum absolute atomic E-state index is 13.4. The molecule has 0 saturated carbocycles. The van der Waals surface area contributed by atoms with Gasteiger partial charge in [0, 0.05) is 21.3 Å². The topological polar surface area (TPSA) is 30.0 Å². The van der Waals surface area contributed by atoms with E-state index in [4.69, 9.17) is 0 Å². The molecule has 0 fully saturated rings. The van der Waals surface area contributed by atoms with Crippen molar-refractivity contribution in [2.45, 2.75) is 19.3 Å². The Hall–Kier alpha value is -1.07. The van der Waals surface area contributed by atoms with Gasteiger partial charge in [-0.3, -0.25) is 4.79 Å². The fourth-order valence-corrected chi connectivity index (χ4v) is 3.64. The van der Waals surface area contributed by atoms with Crippen molar-refractivity contribution in [1.82, 2.24) is 4.98 Å². The third-order valence-electron chi connectivity index (χ3n) is 2.88. The zero-order valence-corrected chi connectivity index (χ0v) is 11.8. The first kappa shape index (κ1) is 12.0. The van der Waals surface area contributed by atoms with Crippen molar-refractivity contribution < 1.29 is 9.18 Å². The van der Waals surface area contributed by atoms with Gasteiger partial charge < -0.3 is 0 Å². The molecule has 18 heavy (non-hydrogen) atoms. The quantitative estimate of drug-likeness (QED) is 0.785. The van der Waals surface area contributed by atoms with Crippen LogP contribution in [0.1, 0.15) is 28.2 Å². The average Bonchev–Trinajstić information content (AvgIpc) is 2.73. The number of Topliss-reactive ketones (excluding diaryl/α,β-unsaturated/α-hetero) is 1. The summed E-state index contributed by atoms with van der Waals surface area (Å²) in [5.74, 6) is -0.201. The maximum atomic E-state index is 13.4. The van der Waals surface area contributed by atoms with Crippen LogP contribution in [0.5, 0.6) is 0 Å².